The average Bonchev–Trinajstić information content (AvgIpc) is 2.43. The van der Waals surface area contributed by atoms with Crippen molar-refractivity contribution in [3.05, 3.63) is 0 Å². The Labute approximate surface area is 78.7 Å². The fourth-order valence-corrected chi connectivity index (χ4v) is 1.97. The summed E-state index contributed by atoms with van der Waals surface area (Å²) in [6, 6.07) is -0.286. The second kappa shape index (κ2) is 4.58. The number of carboxylic acids is 1. The van der Waals surface area contributed by atoms with Crippen LogP contribution < -0.4 is 5.73 Å². The Morgan fingerprint density at radius 2 is 2.38 bits per heavy atom. The van der Waals surface area contributed by atoms with Gasteiger partial charge >= 0.3 is 5.97 Å². The summed E-state index contributed by atoms with van der Waals surface area (Å²) in [5, 5.41) is 8.98. The van der Waals surface area contributed by atoms with Gasteiger partial charge in [-0.2, -0.15) is 0 Å². The Kier molecular flexibility index (Phi) is 3.69. The van der Waals surface area contributed by atoms with Crippen molar-refractivity contribution in [2.24, 2.45) is 11.7 Å². The topological polar surface area (TPSA) is 66.6 Å². The van der Waals surface area contributed by atoms with E-state index in [9.17, 15) is 4.79 Å². The van der Waals surface area contributed by atoms with Crippen molar-refractivity contribution < 1.29 is 9.90 Å². The van der Waals surface area contributed by atoms with Crippen molar-refractivity contribution in [3.8, 4) is 0 Å². The van der Waals surface area contributed by atoms with E-state index in [1.165, 1.54) is 0 Å². The van der Waals surface area contributed by atoms with Gasteiger partial charge in [0.2, 0.25) is 0 Å². The first-order valence-corrected chi connectivity index (χ1v) is 4.83. The zero-order chi connectivity index (χ0) is 9.84. The van der Waals surface area contributed by atoms with Crippen molar-refractivity contribution in [1.29, 1.82) is 0 Å². The van der Waals surface area contributed by atoms with E-state index in [1.807, 2.05) is 11.8 Å². The van der Waals surface area contributed by atoms with Crippen LogP contribution in [0, 0.1) is 5.92 Å². The number of carbonyl (C=O) groups is 1. The van der Waals surface area contributed by atoms with Crippen LogP contribution in [0.1, 0.15) is 19.8 Å². The van der Waals surface area contributed by atoms with Crippen molar-refractivity contribution >= 4 is 5.97 Å². The molecule has 76 valence electrons. The number of hydrogen-bond donors (Lipinski definition) is 2. The van der Waals surface area contributed by atoms with Gasteiger partial charge in [-0.3, -0.25) is 9.69 Å². The second-order valence-electron chi connectivity index (χ2n) is 3.73. The first-order valence-electron chi connectivity index (χ1n) is 4.83. The Balaban J connectivity index is 2.49. The Hall–Kier alpha value is -0.610. The van der Waals surface area contributed by atoms with Crippen molar-refractivity contribution in [2.45, 2.75) is 25.8 Å². The van der Waals surface area contributed by atoms with Gasteiger partial charge in [-0.15, -0.1) is 0 Å². The number of aliphatic carboxylic acids is 1. The number of carboxylic acid groups (broad SMARTS) is 1. The highest BCUT2D eigenvalue weighted by Crippen LogP contribution is 2.23. The van der Waals surface area contributed by atoms with Crippen LogP contribution in [0.4, 0.5) is 0 Å². The fourth-order valence-electron chi connectivity index (χ4n) is 1.97. The molecule has 4 heteroatoms. The van der Waals surface area contributed by atoms with Gasteiger partial charge in [-0.05, 0) is 31.8 Å². The Bertz CT molecular complexity index is 184. The average molecular weight is 186 g/mol. The predicted molar refractivity (Wildman–Crippen MR) is 50.4 cm³/mol. The van der Waals surface area contributed by atoms with Gasteiger partial charge in [0.05, 0.1) is 0 Å². The van der Waals surface area contributed by atoms with Crippen LogP contribution in [0.25, 0.3) is 0 Å². The van der Waals surface area contributed by atoms with Gasteiger partial charge in [0.1, 0.15) is 6.04 Å². The number of hydrogen-bond acceptors (Lipinski definition) is 3. The quantitative estimate of drug-likeness (QED) is 0.655. The van der Waals surface area contributed by atoms with Crippen LogP contribution in [-0.2, 0) is 4.79 Å². The van der Waals surface area contributed by atoms with E-state index < -0.39 is 5.97 Å². The van der Waals surface area contributed by atoms with Gasteiger partial charge < -0.3 is 10.8 Å². The molecular weight excluding hydrogens is 168 g/mol. The van der Waals surface area contributed by atoms with Gasteiger partial charge in [0, 0.05) is 6.54 Å². The number of likely N-dealkylation sites (tertiary alicyclic amines) is 1. The summed E-state index contributed by atoms with van der Waals surface area (Å²) in [6.07, 6.45) is 1.87. The maximum atomic E-state index is 10.9. The predicted octanol–water partition coefficient (Wildman–Crippen LogP) is 0.130. The molecule has 0 aliphatic carbocycles. The van der Waals surface area contributed by atoms with Crippen molar-refractivity contribution in [2.75, 3.05) is 19.6 Å². The molecule has 1 aliphatic rings. The summed E-state index contributed by atoms with van der Waals surface area (Å²) in [6.45, 7) is 4.36. The minimum absolute atomic E-state index is 0.273. The summed E-state index contributed by atoms with van der Waals surface area (Å²) in [5.41, 5.74) is 5.39. The van der Waals surface area contributed by atoms with Gasteiger partial charge in [0.15, 0.2) is 0 Å². The summed E-state index contributed by atoms with van der Waals surface area (Å²) in [5.74, 6) is -0.419. The smallest absolute Gasteiger partial charge is 0.321 e. The van der Waals surface area contributed by atoms with E-state index in [0.29, 0.717) is 6.54 Å². The van der Waals surface area contributed by atoms with Gasteiger partial charge in [0.25, 0.3) is 0 Å². The van der Waals surface area contributed by atoms with Crippen LogP contribution in [0.3, 0.4) is 0 Å². The van der Waals surface area contributed by atoms with Crippen LogP contribution in [0.2, 0.25) is 0 Å². The van der Waals surface area contributed by atoms with Gasteiger partial charge in [-0.1, -0.05) is 6.92 Å². The zero-order valence-corrected chi connectivity index (χ0v) is 8.07. The third-order valence-electron chi connectivity index (χ3n) is 2.71. The maximum absolute atomic E-state index is 10.9. The highest BCUT2D eigenvalue weighted by Gasteiger charge is 2.35. The monoisotopic (exact) mass is 186 g/mol. The molecule has 2 unspecified atom stereocenters. The first-order chi connectivity index (χ1) is 6.16. The third-order valence-corrected chi connectivity index (χ3v) is 2.71. The minimum Gasteiger partial charge on any atom is -0.480 e. The molecule has 1 heterocycles. The lowest BCUT2D eigenvalue weighted by atomic mass is 10.0. The van der Waals surface area contributed by atoms with E-state index in [-0.39, 0.29) is 12.0 Å². The summed E-state index contributed by atoms with van der Waals surface area (Å²) in [7, 11) is 0. The van der Waals surface area contributed by atoms with Crippen molar-refractivity contribution in [3.63, 3.8) is 0 Å². The minimum atomic E-state index is -0.693. The molecule has 3 N–H and O–H groups in total. The number of rotatable bonds is 4. The lowest BCUT2D eigenvalue weighted by Crippen LogP contribution is -2.39. The molecule has 1 aliphatic heterocycles. The van der Waals surface area contributed by atoms with Crippen LogP contribution >= 0.6 is 0 Å². The third kappa shape index (κ3) is 2.42. The molecule has 0 saturated carbocycles. The molecule has 1 fully saturated rings. The van der Waals surface area contributed by atoms with E-state index >= 15 is 0 Å². The SMILES string of the molecule is CC1CCN(CCCN)C1C(=O)O. The van der Waals surface area contributed by atoms with E-state index in [0.717, 1.165) is 25.9 Å². The maximum Gasteiger partial charge on any atom is 0.321 e. The molecule has 4 nitrogen and oxygen atoms in total. The lowest BCUT2D eigenvalue weighted by molar-refractivity contribution is -0.143. The molecule has 1 rings (SSSR count). The summed E-state index contributed by atoms with van der Waals surface area (Å²) < 4.78 is 0. The Morgan fingerprint density at radius 3 is 2.92 bits per heavy atom. The molecule has 0 bridgehead atoms. The standard InChI is InChI=1S/C9H18N2O2/c1-7-3-6-11(5-2-4-10)8(7)9(12)13/h7-8H,2-6,10H2,1H3,(H,12,13). The molecule has 0 aromatic heterocycles. The van der Waals surface area contributed by atoms with E-state index in [4.69, 9.17) is 10.8 Å². The molecule has 0 aromatic carbocycles. The van der Waals surface area contributed by atoms with E-state index in [1.54, 1.807) is 0 Å². The number of nitrogens with two attached hydrogens (primary N) is 1. The first kappa shape index (κ1) is 10.5. The summed E-state index contributed by atoms with van der Waals surface area (Å²) >= 11 is 0. The molecule has 0 spiro atoms. The van der Waals surface area contributed by atoms with Crippen LogP contribution in [0.15, 0.2) is 0 Å². The molecular formula is C9H18N2O2. The van der Waals surface area contributed by atoms with Crippen LogP contribution in [-0.4, -0.2) is 41.7 Å². The highest BCUT2D eigenvalue weighted by molar-refractivity contribution is 5.74. The molecule has 13 heavy (non-hydrogen) atoms. The molecule has 0 amide bonds. The van der Waals surface area contributed by atoms with Crippen LogP contribution in [0.5, 0.6) is 0 Å². The zero-order valence-electron chi connectivity index (χ0n) is 8.07. The largest absolute Gasteiger partial charge is 0.480 e. The molecule has 0 aromatic rings. The normalized spacial score (nSPS) is 29.4. The van der Waals surface area contributed by atoms with E-state index in [2.05, 4.69) is 0 Å². The molecule has 0 radical (unpaired) electrons. The lowest BCUT2D eigenvalue weighted by Gasteiger charge is -2.22. The molecule has 2 atom stereocenters. The summed E-state index contributed by atoms with van der Waals surface area (Å²) in [4.78, 5) is 12.9. The molecule has 1 saturated heterocycles. The van der Waals surface area contributed by atoms with Crippen molar-refractivity contribution in [1.82, 2.24) is 4.90 Å². The Morgan fingerprint density at radius 1 is 1.69 bits per heavy atom. The second-order valence-corrected chi connectivity index (χ2v) is 3.73. The fraction of sp³-hybridized carbons (Fsp3) is 0.889. The number of nitrogens with zero attached hydrogens (tertiary/aromatic N) is 1. The highest BCUT2D eigenvalue weighted by atomic mass is 16.4. The van der Waals surface area contributed by atoms with Gasteiger partial charge in [-0.25, -0.2) is 0 Å².